The molecule has 0 rings (SSSR count). The highest BCUT2D eigenvalue weighted by molar-refractivity contribution is 4.74. The number of ether oxygens (including phenoxy) is 1. The minimum Gasteiger partial charge on any atom is -0.375 e. The van der Waals surface area contributed by atoms with Crippen LogP contribution in [0.1, 0.15) is 47.0 Å². The average molecular weight is 255 g/mol. The number of nitrogens with one attached hydrogen (secondary N) is 1. The molecule has 0 fully saturated rings. The third kappa shape index (κ3) is 10.6. The van der Waals surface area contributed by atoms with E-state index >= 15 is 0 Å². The van der Waals surface area contributed by atoms with Crippen molar-refractivity contribution in [3.63, 3.8) is 0 Å². The van der Waals surface area contributed by atoms with Crippen LogP contribution in [0.25, 0.3) is 0 Å². The van der Waals surface area contributed by atoms with Gasteiger partial charge in [0.1, 0.15) is 0 Å². The molecule has 17 heavy (non-hydrogen) atoms. The van der Waals surface area contributed by atoms with Crippen LogP contribution in [0.5, 0.6) is 0 Å². The lowest BCUT2D eigenvalue weighted by molar-refractivity contribution is -0.135. The van der Waals surface area contributed by atoms with Gasteiger partial charge >= 0.3 is 6.18 Å². The van der Waals surface area contributed by atoms with E-state index in [0.717, 1.165) is 0 Å². The molecule has 0 amide bonds. The monoisotopic (exact) mass is 255 g/mol. The van der Waals surface area contributed by atoms with Gasteiger partial charge in [-0.3, -0.25) is 0 Å². The third-order valence-corrected chi connectivity index (χ3v) is 2.51. The summed E-state index contributed by atoms with van der Waals surface area (Å²) in [5, 5.41) is 3.20. The molecule has 0 radical (unpaired) electrons. The van der Waals surface area contributed by atoms with Crippen molar-refractivity contribution in [2.24, 2.45) is 0 Å². The van der Waals surface area contributed by atoms with Gasteiger partial charge in [0.25, 0.3) is 0 Å². The molecule has 0 aliphatic carbocycles. The second-order valence-corrected chi connectivity index (χ2v) is 4.98. The van der Waals surface area contributed by atoms with Crippen LogP contribution < -0.4 is 5.32 Å². The maximum absolute atomic E-state index is 11.9. The molecule has 0 aliphatic rings. The Hall–Kier alpha value is -0.290. The molecule has 0 saturated heterocycles. The number of hydrogen-bond donors (Lipinski definition) is 1. The summed E-state index contributed by atoms with van der Waals surface area (Å²) >= 11 is 0. The first-order valence-electron chi connectivity index (χ1n) is 6.10. The molecule has 0 spiro atoms. The van der Waals surface area contributed by atoms with Gasteiger partial charge in [-0.25, -0.2) is 0 Å². The highest BCUT2D eigenvalue weighted by Gasteiger charge is 2.26. The van der Waals surface area contributed by atoms with Gasteiger partial charge in [-0.15, -0.1) is 0 Å². The highest BCUT2D eigenvalue weighted by Crippen LogP contribution is 2.22. The Bertz CT molecular complexity index is 204. The van der Waals surface area contributed by atoms with E-state index < -0.39 is 12.6 Å². The summed E-state index contributed by atoms with van der Waals surface area (Å²) < 4.78 is 41.3. The van der Waals surface area contributed by atoms with Crippen molar-refractivity contribution in [1.82, 2.24) is 5.32 Å². The molecule has 0 saturated carbocycles. The number of halogens is 3. The smallest absolute Gasteiger partial charge is 0.375 e. The lowest BCUT2D eigenvalue weighted by Gasteiger charge is -2.27. The van der Waals surface area contributed by atoms with E-state index in [1.165, 1.54) is 0 Å². The van der Waals surface area contributed by atoms with Crippen molar-refractivity contribution in [2.75, 3.05) is 13.2 Å². The highest BCUT2D eigenvalue weighted by atomic mass is 19.4. The van der Waals surface area contributed by atoms with Crippen molar-refractivity contribution >= 4 is 0 Å². The molecule has 2 nitrogen and oxygen atoms in total. The second kappa shape index (κ2) is 7.21. The standard InChI is InChI=1S/C12H24F3NO/c1-5-17-11(3,4)9-16-10(2)7-6-8-12(13,14)15/h10,16H,5-9H2,1-4H3. The van der Waals surface area contributed by atoms with E-state index in [0.29, 0.717) is 19.6 Å². The van der Waals surface area contributed by atoms with E-state index in [-0.39, 0.29) is 18.1 Å². The lowest BCUT2D eigenvalue weighted by Crippen LogP contribution is -2.41. The first-order chi connectivity index (χ1) is 7.66. The molecule has 0 aromatic rings. The van der Waals surface area contributed by atoms with E-state index in [1.807, 2.05) is 27.7 Å². The Morgan fingerprint density at radius 1 is 1.24 bits per heavy atom. The predicted octanol–water partition coefficient (Wildman–Crippen LogP) is 3.51. The Morgan fingerprint density at radius 3 is 2.29 bits per heavy atom. The van der Waals surface area contributed by atoms with Crippen LogP contribution in [0.15, 0.2) is 0 Å². The summed E-state index contributed by atoms with van der Waals surface area (Å²) in [7, 11) is 0. The molecular formula is C12H24F3NO. The molecular weight excluding hydrogens is 231 g/mol. The van der Waals surface area contributed by atoms with Crippen LogP contribution in [0.3, 0.4) is 0 Å². The maximum atomic E-state index is 11.9. The van der Waals surface area contributed by atoms with Gasteiger partial charge in [0, 0.05) is 25.6 Å². The molecule has 1 unspecified atom stereocenters. The van der Waals surface area contributed by atoms with E-state index in [9.17, 15) is 13.2 Å². The summed E-state index contributed by atoms with van der Waals surface area (Å²) in [5.74, 6) is 0. The first-order valence-corrected chi connectivity index (χ1v) is 6.10. The van der Waals surface area contributed by atoms with Gasteiger partial charge in [-0.05, 0) is 40.5 Å². The Balaban J connectivity index is 3.69. The summed E-state index contributed by atoms with van der Waals surface area (Å²) in [5.41, 5.74) is -0.271. The maximum Gasteiger partial charge on any atom is 0.389 e. The molecule has 1 N–H and O–H groups in total. The Morgan fingerprint density at radius 2 is 1.82 bits per heavy atom. The van der Waals surface area contributed by atoms with Crippen LogP contribution in [-0.2, 0) is 4.74 Å². The fourth-order valence-corrected chi connectivity index (χ4v) is 1.57. The van der Waals surface area contributed by atoms with Crippen molar-refractivity contribution < 1.29 is 17.9 Å². The summed E-state index contributed by atoms with van der Waals surface area (Å²) in [6, 6.07) is 0.0806. The van der Waals surface area contributed by atoms with Gasteiger partial charge in [0.2, 0.25) is 0 Å². The number of alkyl halides is 3. The van der Waals surface area contributed by atoms with Crippen molar-refractivity contribution in [3.8, 4) is 0 Å². The zero-order valence-corrected chi connectivity index (χ0v) is 11.2. The van der Waals surface area contributed by atoms with Gasteiger partial charge < -0.3 is 10.1 Å². The van der Waals surface area contributed by atoms with Crippen molar-refractivity contribution in [2.45, 2.75) is 64.8 Å². The first kappa shape index (κ1) is 16.7. The van der Waals surface area contributed by atoms with Crippen molar-refractivity contribution in [1.29, 1.82) is 0 Å². The number of rotatable bonds is 8. The van der Waals surface area contributed by atoms with Crippen LogP contribution in [0.4, 0.5) is 13.2 Å². The molecule has 0 aromatic heterocycles. The van der Waals surface area contributed by atoms with Crippen LogP contribution in [0, 0.1) is 0 Å². The predicted molar refractivity (Wildman–Crippen MR) is 63.1 cm³/mol. The van der Waals surface area contributed by atoms with Gasteiger partial charge in [0.15, 0.2) is 0 Å². The molecule has 0 bridgehead atoms. The minimum atomic E-state index is -4.04. The summed E-state index contributed by atoms with van der Waals surface area (Å²) in [6.45, 7) is 9.04. The average Bonchev–Trinajstić information content (AvgIpc) is 2.13. The molecule has 1 atom stereocenters. The normalized spacial score (nSPS) is 15.0. The quantitative estimate of drug-likeness (QED) is 0.716. The second-order valence-electron chi connectivity index (χ2n) is 4.98. The van der Waals surface area contributed by atoms with E-state index in [2.05, 4.69) is 5.32 Å². The molecule has 104 valence electrons. The fraction of sp³-hybridized carbons (Fsp3) is 1.00. The molecule has 0 aromatic carbocycles. The molecule has 0 heterocycles. The lowest BCUT2D eigenvalue weighted by atomic mass is 10.1. The Labute approximate surface area is 102 Å². The van der Waals surface area contributed by atoms with Crippen LogP contribution in [0.2, 0.25) is 0 Å². The summed E-state index contributed by atoms with van der Waals surface area (Å²) in [6.07, 6.45) is -4.04. The largest absolute Gasteiger partial charge is 0.389 e. The zero-order valence-electron chi connectivity index (χ0n) is 11.2. The fourth-order valence-electron chi connectivity index (χ4n) is 1.57. The zero-order chi connectivity index (χ0) is 13.5. The van der Waals surface area contributed by atoms with E-state index in [4.69, 9.17) is 4.74 Å². The van der Waals surface area contributed by atoms with Crippen molar-refractivity contribution in [3.05, 3.63) is 0 Å². The topological polar surface area (TPSA) is 21.3 Å². The Kier molecular flexibility index (Phi) is 7.09. The van der Waals surface area contributed by atoms with Gasteiger partial charge in [0.05, 0.1) is 5.60 Å². The van der Waals surface area contributed by atoms with Crippen LogP contribution in [-0.4, -0.2) is 31.0 Å². The molecule has 5 heteroatoms. The van der Waals surface area contributed by atoms with Gasteiger partial charge in [-0.2, -0.15) is 13.2 Å². The van der Waals surface area contributed by atoms with Gasteiger partial charge in [-0.1, -0.05) is 0 Å². The minimum absolute atomic E-state index is 0.0806. The number of hydrogen-bond acceptors (Lipinski definition) is 2. The van der Waals surface area contributed by atoms with Crippen LogP contribution >= 0.6 is 0 Å². The summed E-state index contributed by atoms with van der Waals surface area (Å²) in [4.78, 5) is 0. The third-order valence-electron chi connectivity index (χ3n) is 2.51. The SMILES string of the molecule is CCOC(C)(C)CNC(C)CCCC(F)(F)F. The molecule has 0 aliphatic heterocycles. The van der Waals surface area contributed by atoms with E-state index in [1.54, 1.807) is 0 Å².